The summed E-state index contributed by atoms with van der Waals surface area (Å²) < 4.78 is 7.22. The monoisotopic (exact) mass is 358 g/mol. The summed E-state index contributed by atoms with van der Waals surface area (Å²) in [7, 11) is 3.26. The van der Waals surface area contributed by atoms with Gasteiger partial charge in [0.05, 0.1) is 30.9 Å². The summed E-state index contributed by atoms with van der Waals surface area (Å²) in [5, 5.41) is 2.64. The van der Waals surface area contributed by atoms with E-state index in [1.54, 1.807) is 26.4 Å². The van der Waals surface area contributed by atoms with E-state index in [1.165, 1.54) is 0 Å². The van der Waals surface area contributed by atoms with E-state index in [0.717, 1.165) is 33.9 Å². The van der Waals surface area contributed by atoms with Crippen molar-refractivity contribution in [3.05, 3.63) is 72.7 Å². The van der Waals surface area contributed by atoms with Crippen LogP contribution in [0.15, 0.2) is 67.1 Å². The molecule has 2 aromatic heterocycles. The molecule has 0 saturated heterocycles. The number of aromatic nitrogens is 3. The van der Waals surface area contributed by atoms with Gasteiger partial charge in [-0.3, -0.25) is 14.2 Å². The Morgan fingerprint density at radius 3 is 2.59 bits per heavy atom. The van der Waals surface area contributed by atoms with Crippen molar-refractivity contribution in [1.82, 2.24) is 19.7 Å². The first kappa shape index (κ1) is 16.8. The number of methoxy groups -OCH3 is 1. The fourth-order valence-corrected chi connectivity index (χ4v) is 2.98. The van der Waals surface area contributed by atoms with E-state index < -0.39 is 0 Å². The first-order chi connectivity index (χ1) is 13.2. The van der Waals surface area contributed by atoms with Crippen molar-refractivity contribution in [2.45, 2.75) is 0 Å². The number of rotatable bonds is 4. The minimum Gasteiger partial charge on any atom is -0.497 e. The molecule has 6 heteroatoms. The highest BCUT2D eigenvalue weighted by Crippen LogP contribution is 2.25. The zero-order valence-electron chi connectivity index (χ0n) is 15.0. The lowest BCUT2D eigenvalue weighted by Gasteiger charge is -2.07. The molecule has 1 amide bonds. The predicted octanol–water partition coefficient (Wildman–Crippen LogP) is 3.43. The normalized spacial score (nSPS) is 10.7. The summed E-state index contributed by atoms with van der Waals surface area (Å²) in [5.74, 6) is 0.681. The number of ether oxygens (including phenoxy) is 1. The van der Waals surface area contributed by atoms with Crippen LogP contribution < -0.4 is 10.1 Å². The molecule has 0 fully saturated rings. The van der Waals surface area contributed by atoms with Gasteiger partial charge in [0.2, 0.25) is 0 Å². The van der Waals surface area contributed by atoms with Crippen LogP contribution in [0.2, 0.25) is 0 Å². The van der Waals surface area contributed by atoms with Gasteiger partial charge in [0, 0.05) is 29.9 Å². The Morgan fingerprint density at radius 2 is 1.85 bits per heavy atom. The third kappa shape index (κ3) is 3.13. The molecule has 4 aromatic rings. The summed E-state index contributed by atoms with van der Waals surface area (Å²) in [6.45, 7) is 0. The van der Waals surface area contributed by atoms with E-state index in [9.17, 15) is 4.79 Å². The van der Waals surface area contributed by atoms with Crippen LogP contribution in [-0.4, -0.2) is 34.4 Å². The van der Waals surface area contributed by atoms with Gasteiger partial charge in [0.1, 0.15) is 5.75 Å². The molecule has 0 unspecified atom stereocenters. The molecular weight excluding hydrogens is 340 g/mol. The van der Waals surface area contributed by atoms with Gasteiger partial charge in [-0.15, -0.1) is 0 Å². The van der Waals surface area contributed by atoms with Gasteiger partial charge in [0.25, 0.3) is 5.91 Å². The minimum absolute atomic E-state index is 0.125. The first-order valence-corrected chi connectivity index (χ1v) is 8.49. The van der Waals surface area contributed by atoms with Crippen LogP contribution in [0.4, 0.5) is 0 Å². The van der Waals surface area contributed by atoms with Gasteiger partial charge in [-0.2, -0.15) is 0 Å². The first-order valence-electron chi connectivity index (χ1n) is 8.49. The molecule has 0 aliphatic carbocycles. The van der Waals surface area contributed by atoms with E-state index >= 15 is 0 Å². The zero-order valence-corrected chi connectivity index (χ0v) is 15.0. The largest absolute Gasteiger partial charge is 0.497 e. The molecule has 0 saturated carbocycles. The summed E-state index contributed by atoms with van der Waals surface area (Å²) in [5.41, 5.74) is 4.97. The van der Waals surface area contributed by atoms with E-state index in [0.29, 0.717) is 5.56 Å². The topological polar surface area (TPSA) is 68.5 Å². The lowest BCUT2D eigenvalue weighted by Crippen LogP contribution is -2.17. The maximum absolute atomic E-state index is 11.9. The summed E-state index contributed by atoms with van der Waals surface area (Å²) in [6.07, 6.45) is 5.49. The molecule has 0 atom stereocenters. The lowest BCUT2D eigenvalue weighted by molar-refractivity contribution is 0.0963. The second-order valence-electron chi connectivity index (χ2n) is 6.03. The van der Waals surface area contributed by atoms with Crippen LogP contribution >= 0.6 is 0 Å². The van der Waals surface area contributed by atoms with E-state index in [1.807, 2.05) is 59.3 Å². The SMILES string of the molecule is CNC(=O)c1cccc(-c2cn3c(-c4ccc(OC)cc4)cnc3cn2)c1. The van der Waals surface area contributed by atoms with Gasteiger partial charge in [-0.25, -0.2) is 4.98 Å². The van der Waals surface area contributed by atoms with Crippen molar-refractivity contribution in [2.75, 3.05) is 14.2 Å². The molecule has 27 heavy (non-hydrogen) atoms. The second-order valence-corrected chi connectivity index (χ2v) is 6.03. The van der Waals surface area contributed by atoms with Crippen LogP contribution in [0, 0.1) is 0 Å². The molecule has 0 aliphatic heterocycles. The Hall–Kier alpha value is -3.67. The molecule has 0 aliphatic rings. The highest BCUT2D eigenvalue weighted by Gasteiger charge is 2.10. The number of carbonyl (C=O) groups is 1. The van der Waals surface area contributed by atoms with Crippen molar-refractivity contribution < 1.29 is 9.53 Å². The number of amides is 1. The predicted molar refractivity (Wildman–Crippen MR) is 104 cm³/mol. The standard InChI is InChI=1S/C21H18N4O2/c1-22-21(26)16-5-3-4-15(10-16)18-13-25-19(11-24-20(25)12-23-18)14-6-8-17(27-2)9-7-14/h3-13H,1-2H3,(H,22,26). The summed E-state index contributed by atoms with van der Waals surface area (Å²) in [4.78, 5) is 20.8. The molecule has 4 rings (SSSR count). The number of fused-ring (bicyclic) bond motifs is 1. The lowest BCUT2D eigenvalue weighted by atomic mass is 10.1. The number of nitrogens with zero attached hydrogens (tertiary/aromatic N) is 3. The van der Waals surface area contributed by atoms with Crippen LogP contribution in [0.1, 0.15) is 10.4 Å². The molecule has 134 valence electrons. The maximum atomic E-state index is 11.9. The number of carbonyl (C=O) groups excluding carboxylic acids is 1. The number of benzene rings is 2. The molecule has 2 heterocycles. The Bertz CT molecular complexity index is 1120. The van der Waals surface area contributed by atoms with Crippen molar-refractivity contribution >= 4 is 11.6 Å². The summed E-state index contributed by atoms with van der Waals surface area (Å²) in [6, 6.07) is 15.2. The number of imidazole rings is 1. The van der Waals surface area contributed by atoms with Crippen molar-refractivity contribution in [2.24, 2.45) is 0 Å². The molecule has 2 aromatic carbocycles. The molecule has 1 N–H and O–H groups in total. The summed E-state index contributed by atoms with van der Waals surface area (Å²) >= 11 is 0. The van der Waals surface area contributed by atoms with Crippen molar-refractivity contribution in [3.63, 3.8) is 0 Å². The molecule has 0 radical (unpaired) electrons. The molecule has 0 bridgehead atoms. The van der Waals surface area contributed by atoms with E-state index in [2.05, 4.69) is 15.3 Å². The van der Waals surface area contributed by atoms with Crippen molar-refractivity contribution in [3.8, 4) is 28.3 Å². The Balaban J connectivity index is 1.79. The molecule has 6 nitrogen and oxygen atoms in total. The van der Waals surface area contributed by atoms with E-state index in [4.69, 9.17) is 4.74 Å². The Morgan fingerprint density at radius 1 is 1.04 bits per heavy atom. The average Bonchev–Trinajstić information content (AvgIpc) is 3.16. The average molecular weight is 358 g/mol. The van der Waals surface area contributed by atoms with Gasteiger partial charge < -0.3 is 10.1 Å². The third-order valence-electron chi connectivity index (χ3n) is 4.43. The number of hydrogen-bond donors (Lipinski definition) is 1. The van der Waals surface area contributed by atoms with Gasteiger partial charge >= 0.3 is 0 Å². The number of hydrogen-bond acceptors (Lipinski definition) is 4. The fourth-order valence-electron chi connectivity index (χ4n) is 2.98. The fraction of sp³-hybridized carbons (Fsp3) is 0.0952. The molecule has 0 spiro atoms. The van der Waals surface area contributed by atoms with Crippen LogP contribution in [0.25, 0.3) is 28.2 Å². The zero-order chi connectivity index (χ0) is 18.8. The van der Waals surface area contributed by atoms with Gasteiger partial charge in [0.15, 0.2) is 5.65 Å². The Kier molecular flexibility index (Phi) is 4.30. The maximum Gasteiger partial charge on any atom is 0.251 e. The third-order valence-corrected chi connectivity index (χ3v) is 4.43. The molecular formula is C21H18N4O2. The second kappa shape index (κ2) is 6.92. The highest BCUT2D eigenvalue weighted by atomic mass is 16.5. The van der Waals surface area contributed by atoms with Crippen LogP contribution in [0.5, 0.6) is 5.75 Å². The quantitative estimate of drug-likeness (QED) is 0.607. The number of nitrogens with one attached hydrogen (secondary N) is 1. The van der Waals surface area contributed by atoms with Crippen molar-refractivity contribution in [1.29, 1.82) is 0 Å². The Labute approximate surface area is 156 Å². The smallest absolute Gasteiger partial charge is 0.251 e. The minimum atomic E-state index is -0.125. The van der Waals surface area contributed by atoms with E-state index in [-0.39, 0.29) is 5.91 Å². The highest BCUT2D eigenvalue weighted by molar-refractivity contribution is 5.95. The van der Waals surface area contributed by atoms with Crippen LogP contribution in [0.3, 0.4) is 0 Å². The van der Waals surface area contributed by atoms with Gasteiger partial charge in [-0.05, 0) is 36.4 Å². The van der Waals surface area contributed by atoms with Crippen LogP contribution in [-0.2, 0) is 0 Å². The van der Waals surface area contributed by atoms with Gasteiger partial charge in [-0.1, -0.05) is 12.1 Å².